The van der Waals surface area contributed by atoms with Gasteiger partial charge in [0.25, 0.3) is 0 Å². The third-order valence-corrected chi connectivity index (χ3v) is 11.3. The number of hydrogen-bond acceptors (Lipinski definition) is 9. The molecule has 5 aromatic rings. The average molecular weight is 826 g/mol. The first-order valence-corrected chi connectivity index (χ1v) is 21.4. The maximum Gasteiger partial charge on any atom is 1.00 e. The summed E-state index contributed by atoms with van der Waals surface area (Å²) < 4.78 is 76.9. The Morgan fingerprint density at radius 2 is 1.24 bits per heavy atom. The predicted octanol–water partition coefficient (Wildman–Crippen LogP) is 5.27. The van der Waals surface area contributed by atoms with Crippen LogP contribution in [-0.4, -0.2) is 55.9 Å². The van der Waals surface area contributed by atoms with Crippen LogP contribution in [0.5, 0.6) is 5.75 Å². The molecule has 0 aliphatic heterocycles. The van der Waals surface area contributed by atoms with Crippen molar-refractivity contribution in [2.45, 2.75) is 43.7 Å². The second kappa shape index (κ2) is 19.8. The first kappa shape index (κ1) is 44.3. The summed E-state index contributed by atoms with van der Waals surface area (Å²) in [7, 11) is -9.08. The van der Waals surface area contributed by atoms with E-state index in [9.17, 15) is 25.9 Å². The molecule has 1 aliphatic rings. The van der Waals surface area contributed by atoms with Gasteiger partial charge in [-0.25, -0.2) is 21.4 Å². The Bertz CT molecular complexity index is 2530. The van der Waals surface area contributed by atoms with Gasteiger partial charge in [0.15, 0.2) is 12.3 Å². The minimum Gasteiger partial charge on any atom is -0.744 e. The fraction of sp³-hybridized carbons (Fsp3) is 0.178. The quantitative estimate of drug-likeness (QED) is 0.0850. The molecule has 0 radical (unpaired) electrons. The number of ether oxygens (including phenoxy) is 1. The molecule has 294 valence electrons. The van der Waals surface area contributed by atoms with Gasteiger partial charge in [0, 0.05) is 47.9 Å². The van der Waals surface area contributed by atoms with Crippen LogP contribution in [0.15, 0.2) is 161 Å². The van der Waals surface area contributed by atoms with Crippen molar-refractivity contribution in [1.82, 2.24) is 0 Å². The fourth-order valence-corrected chi connectivity index (χ4v) is 7.65. The van der Waals surface area contributed by atoms with Gasteiger partial charge in [-0.05, 0) is 134 Å². The Morgan fingerprint density at radius 1 is 0.672 bits per heavy atom. The Labute approximate surface area is 363 Å². The van der Waals surface area contributed by atoms with Crippen molar-refractivity contribution < 1.29 is 64.8 Å². The molecule has 0 saturated heterocycles. The Morgan fingerprint density at radius 3 is 1.78 bits per heavy atom. The van der Waals surface area contributed by atoms with Crippen molar-refractivity contribution in [2.24, 2.45) is 0 Å². The molecule has 0 spiro atoms. The molecule has 0 heterocycles. The Kier molecular flexibility index (Phi) is 15.1. The Balaban J connectivity index is 0.00000641. The smallest absolute Gasteiger partial charge is 0.744 e. The molecule has 0 atom stereocenters. The molecule has 1 N–H and O–H groups in total. The number of benzene rings is 5. The number of nitrogens with one attached hydrogen (secondary N) is 1. The summed E-state index contributed by atoms with van der Waals surface area (Å²) in [6, 6.07) is 36.6. The molecular formula is C45H44N3NaO7S2. The van der Waals surface area contributed by atoms with Crippen molar-refractivity contribution in [3.05, 3.63) is 173 Å². The summed E-state index contributed by atoms with van der Waals surface area (Å²) in [6.07, 6.45) is 8.25. The molecule has 0 amide bonds. The van der Waals surface area contributed by atoms with E-state index in [1.54, 1.807) is 18.2 Å². The monoisotopic (exact) mass is 825 g/mol. The summed E-state index contributed by atoms with van der Waals surface area (Å²) in [4.78, 5) is 1.67. The average Bonchev–Trinajstić information content (AvgIpc) is 3.21. The minimum absolute atomic E-state index is 0. The van der Waals surface area contributed by atoms with Crippen LogP contribution < -0.4 is 44.5 Å². The van der Waals surface area contributed by atoms with Gasteiger partial charge in [-0.15, -0.1) is 0 Å². The van der Waals surface area contributed by atoms with E-state index in [4.69, 9.17) is 4.74 Å². The van der Waals surface area contributed by atoms with Gasteiger partial charge in [0.2, 0.25) is 0 Å². The zero-order chi connectivity index (χ0) is 40.6. The number of allylic oxidation sites excluding steroid dienone is 5. The molecule has 0 bridgehead atoms. The maximum absolute atomic E-state index is 11.6. The van der Waals surface area contributed by atoms with Crippen LogP contribution in [0, 0.1) is 0 Å². The summed E-state index contributed by atoms with van der Waals surface area (Å²) in [6.45, 7) is 8.95. The standard InChI is InChI=1S/C45H45N3O7S2.Na/c1-4-47(31-33-10-28-43(29-11-33)56(49,50)51)40-22-14-36(15-23-40)45(35-12-18-38(19-13-35)46-39-20-26-42(27-21-39)55-6-3)37-16-24-41(25-17-37)48(5-2)32-34-8-7-9-44(30-34)57(52,53)54;/h7-30H,4-6,31-32H2,1-3H3,(H2,49,50,51,52,53,54);/q;+1/p-1. The van der Waals surface area contributed by atoms with E-state index < -0.39 is 20.2 Å². The van der Waals surface area contributed by atoms with E-state index >= 15 is 0 Å². The minimum atomic E-state index is -4.56. The number of nitrogens with zero attached hydrogens (tertiary/aromatic N) is 2. The molecule has 58 heavy (non-hydrogen) atoms. The summed E-state index contributed by atoms with van der Waals surface area (Å²) >= 11 is 0. The normalized spacial score (nSPS) is 12.5. The van der Waals surface area contributed by atoms with Gasteiger partial charge in [0.05, 0.1) is 16.4 Å². The molecule has 5 aromatic carbocycles. The molecule has 0 unspecified atom stereocenters. The van der Waals surface area contributed by atoms with E-state index in [2.05, 4.69) is 70.3 Å². The number of hydrogen-bond donors (Lipinski definition) is 1. The predicted molar refractivity (Wildman–Crippen MR) is 223 cm³/mol. The van der Waals surface area contributed by atoms with Gasteiger partial charge in [-0.3, -0.25) is 0 Å². The largest absolute Gasteiger partial charge is 1.00 e. The molecule has 0 fully saturated rings. The maximum atomic E-state index is 11.6. The van der Waals surface area contributed by atoms with Crippen LogP contribution in [-0.2, 0) is 33.3 Å². The second-order valence-corrected chi connectivity index (χ2v) is 16.1. The first-order chi connectivity index (χ1) is 27.3. The molecule has 0 aromatic heterocycles. The van der Waals surface area contributed by atoms with E-state index in [1.807, 2.05) is 68.5 Å². The summed E-state index contributed by atoms with van der Waals surface area (Å²) in [5.74, 6) is 0.815. The van der Waals surface area contributed by atoms with Gasteiger partial charge in [-0.2, -0.15) is 0 Å². The summed E-state index contributed by atoms with van der Waals surface area (Å²) in [5.41, 5.74) is 9.43. The molecule has 13 heteroatoms. The van der Waals surface area contributed by atoms with E-state index in [0.717, 1.165) is 61.9 Å². The van der Waals surface area contributed by atoms with Gasteiger partial charge in [-0.1, -0.05) is 48.5 Å². The van der Waals surface area contributed by atoms with E-state index in [1.165, 1.54) is 24.3 Å². The fourth-order valence-electron chi connectivity index (χ4n) is 6.64. The third kappa shape index (κ3) is 11.4. The number of rotatable bonds is 15. The van der Waals surface area contributed by atoms with Crippen molar-refractivity contribution in [3.8, 4) is 5.75 Å². The van der Waals surface area contributed by atoms with Gasteiger partial charge < -0.3 is 24.1 Å². The van der Waals surface area contributed by atoms with Gasteiger partial charge >= 0.3 is 29.6 Å². The van der Waals surface area contributed by atoms with E-state index in [-0.39, 0.29) is 39.3 Å². The zero-order valence-corrected chi connectivity index (χ0v) is 36.6. The Hall–Kier alpha value is -4.79. The molecule has 6 rings (SSSR count). The number of anilines is 3. The van der Waals surface area contributed by atoms with Crippen LogP contribution in [0.2, 0.25) is 0 Å². The second-order valence-electron chi connectivity index (χ2n) is 13.4. The van der Waals surface area contributed by atoms with Crippen LogP contribution >= 0.6 is 0 Å². The first-order valence-electron chi connectivity index (χ1n) is 18.6. The zero-order valence-electron chi connectivity index (χ0n) is 33.0. The topological polar surface area (TPSA) is 142 Å². The molecule has 1 aliphatic carbocycles. The van der Waals surface area contributed by atoms with Crippen LogP contribution in [0.3, 0.4) is 0 Å². The van der Waals surface area contributed by atoms with Gasteiger partial charge in [0.1, 0.15) is 32.5 Å². The van der Waals surface area contributed by atoms with Crippen LogP contribution in [0.1, 0.15) is 43.0 Å². The van der Waals surface area contributed by atoms with E-state index in [0.29, 0.717) is 32.8 Å². The molecule has 10 nitrogen and oxygen atoms in total. The SMILES string of the molecule is CCOc1ccc(Nc2ccc(C(=C3C=CC(=[N+](CC)Cc4cccc(S(=O)(=O)[O-])c4)C=C3)c3ccc(N(CC)Cc4ccc(S(=O)(=O)[O-])cc4)cc3)cc2)cc1.[Na+]. The molecular weight excluding hydrogens is 782 g/mol. The van der Waals surface area contributed by atoms with Crippen LogP contribution in [0.4, 0.5) is 17.1 Å². The third-order valence-electron chi connectivity index (χ3n) is 9.58. The van der Waals surface area contributed by atoms with Crippen molar-refractivity contribution in [2.75, 3.05) is 29.9 Å². The summed E-state index contributed by atoms with van der Waals surface area (Å²) in [5, 5.41) is 3.46. The van der Waals surface area contributed by atoms with Crippen molar-refractivity contribution >= 4 is 48.6 Å². The molecule has 0 saturated carbocycles. The van der Waals surface area contributed by atoms with Crippen molar-refractivity contribution in [1.29, 1.82) is 0 Å². The van der Waals surface area contributed by atoms with Crippen molar-refractivity contribution in [3.63, 3.8) is 0 Å². The van der Waals surface area contributed by atoms with Crippen LogP contribution in [0.25, 0.3) is 5.57 Å².